The van der Waals surface area contributed by atoms with E-state index in [2.05, 4.69) is 9.47 Å². The highest BCUT2D eigenvalue weighted by Gasteiger charge is 2.61. The summed E-state index contributed by atoms with van der Waals surface area (Å²) in [6, 6.07) is 0. The Morgan fingerprint density at radius 1 is 1.25 bits per heavy atom. The van der Waals surface area contributed by atoms with E-state index >= 15 is 0 Å². The maximum Gasteiger partial charge on any atom is 0.461 e. The third-order valence-corrected chi connectivity index (χ3v) is 1.42. The minimum Gasteiger partial charge on any atom is -0.494 e. The molecule has 0 aromatic carbocycles. The molecule has 0 aliphatic rings. The fourth-order valence-corrected chi connectivity index (χ4v) is 0.708. The van der Waals surface area contributed by atoms with E-state index in [4.69, 9.17) is 0 Å². The van der Waals surface area contributed by atoms with Crippen LogP contribution < -0.4 is 0 Å². The Kier molecular flexibility index (Phi) is 4.70. The molecule has 0 rings (SSSR count). The largest absolute Gasteiger partial charge is 0.494 e. The van der Waals surface area contributed by atoms with E-state index in [0.717, 1.165) is 0 Å². The molecule has 0 unspecified atom stereocenters. The van der Waals surface area contributed by atoms with Gasteiger partial charge in [0.05, 0.1) is 19.8 Å². The highest BCUT2D eigenvalue weighted by Crippen LogP contribution is 2.41. The van der Waals surface area contributed by atoms with E-state index in [1.54, 1.807) is 0 Å². The second-order valence-electron chi connectivity index (χ2n) is 2.54. The molecule has 0 fully saturated rings. The van der Waals surface area contributed by atoms with Crippen LogP contribution in [0.15, 0.2) is 11.8 Å². The van der Waals surface area contributed by atoms with E-state index in [9.17, 15) is 26.7 Å². The number of carbonyl (C=O) groups excluding carboxylic acids is 1. The number of hydrogen-bond donors (Lipinski definition) is 0. The van der Waals surface area contributed by atoms with E-state index in [1.165, 1.54) is 6.92 Å². The standard InChI is InChI=1S/C8H9F5O3/c1-3-16-6(14)4-5(15-2)7(9,10)8(11,12)13/h4H,3H2,1-2H3/b5-4+. The zero-order chi connectivity index (χ0) is 13.0. The summed E-state index contributed by atoms with van der Waals surface area (Å²) in [7, 11) is 0.602. The van der Waals surface area contributed by atoms with Crippen LogP contribution in [0.2, 0.25) is 0 Å². The van der Waals surface area contributed by atoms with E-state index in [1.807, 2.05) is 0 Å². The number of halogens is 5. The van der Waals surface area contributed by atoms with Crippen molar-refractivity contribution in [2.75, 3.05) is 13.7 Å². The molecular weight excluding hydrogens is 239 g/mol. The Morgan fingerprint density at radius 2 is 1.75 bits per heavy atom. The number of ether oxygens (including phenoxy) is 2. The van der Waals surface area contributed by atoms with Gasteiger partial charge in [-0.15, -0.1) is 0 Å². The summed E-state index contributed by atoms with van der Waals surface area (Å²) in [6.07, 6.45) is -5.86. The topological polar surface area (TPSA) is 35.5 Å². The van der Waals surface area contributed by atoms with Crippen LogP contribution in [0.1, 0.15) is 6.92 Å². The zero-order valence-corrected chi connectivity index (χ0v) is 8.40. The number of rotatable bonds is 4. The Bertz CT molecular complexity index is 282. The van der Waals surface area contributed by atoms with Gasteiger partial charge in [-0.05, 0) is 6.92 Å². The lowest BCUT2D eigenvalue weighted by Gasteiger charge is -2.20. The second-order valence-corrected chi connectivity index (χ2v) is 2.54. The lowest BCUT2D eigenvalue weighted by molar-refractivity contribution is -0.275. The van der Waals surface area contributed by atoms with Crippen LogP contribution in [0.4, 0.5) is 22.0 Å². The third kappa shape index (κ3) is 3.35. The zero-order valence-electron chi connectivity index (χ0n) is 8.40. The van der Waals surface area contributed by atoms with Gasteiger partial charge in [0.15, 0.2) is 5.76 Å². The molecule has 0 aromatic heterocycles. The smallest absolute Gasteiger partial charge is 0.461 e. The molecule has 0 aromatic rings. The van der Waals surface area contributed by atoms with E-state index in [0.29, 0.717) is 7.11 Å². The summed E-state index contributed by atoms with van der Waals surface area (Å²) in [5, 5.41) is 0. The lowest BCUT2D eigenvalue weighted by Crippen LogP contribution is -2.39. The average molecular weight is 248 g/mol. The quantitative estimate of drug-likeness (QED) is 0.331. The molecular formula is C8H9F5O3. The van der Waals surface area contributed by atoms with Crippen molar-refractivity contribution in [3.8, 4) is 0 Å². The first-order valence-corrected chi connectivity index (χ1v) is 4.04. The predicted octanol–water partition coefficient (Wildman–Crippen LogP) is 2.28. The van der Waals surface area contributed by atoms with Gasteiger partial charge in [0.25, 0.3) is 0 Å². The number of hydrogen-bond acceptors (Lipinski definition) is 3. The Morgan fingerprint density at radius 3 is 2.06 bits per heavy atom. The number of methoxy groups -OCH3 is 1. The fourth-order valence-electron chi connectivity index (χ4n) is 0.708. The first-order chi connectivity index (χ1) is 7.16. The summed E-state index contributed by atoms with van der Waals surface area (Å²) >= 11 is 0. The van der Waals surface area contributed by atoms with Crippen molar-refractivity contribution in [3.05, 3.63) is 11.8 Å². The van der Waals surface area contributed by atoms with Gasteiger partial charge in [-0.2, -0.15) is 22.0 Å². The minimum absolute atomic E-state index is 0.0308. The van der Waals surface area contributed by atoms with Crippen molar-refractivity contribution in [2.24, 2.45) is 0 Å². The summed E-state index contributed by atoms with van der Waals surface area (Å²) in [6.45, 7) is 1.23. The average Bonchev–Trinajstić information content (AvgIpc) is 2.12. The van der Waals surface area contributed by atoms with E-state index in [-0.39, 0.29) is 12.7 Å². The van der Waals surface area contributed by atoms with Gasteiger partial charge < -0.3 is 9.47 Å². The van der Waals surface area contributed by atoms with Gasteiger partial charge in [0.2, 0.25) is 0 Å². The number of alkyl halides is 5. The molecule has 8 heteroatoms. The molecule has 94 valence electrons. The molecule has 0 saturated heterocycles. The maximum atomic E-state index is 12.7. The molecule has 0 amide bonds. The molecule has 0 aliphatic carbocycles. The fraction of sp³-hybridized carbons (Fsp3) is 0.625. The monoisotopic (exact) mass is 248 g/mol. The van der Waals surface area contributed by atoms with Crippen molar-refractivity contribution in [2.45, 2.75) is 19.0 Å². The van der Waals surface area contributed by atoms with Crippen LogP contribution in [0.5, 0.6) is 0 Å². The summed E-state index contributed by atoms with van der Waals surface area (Å²) < 4.78 is 69.0. The first-order valence-electron chi connectivity index (χ1n) is 4.04. The third-order valence-electron chi connectivity index (χ3n) is 1.42. The molecule has 0 heterocycles. The molecule has 3 nitrogen and oxygen atoms in total. The van der Waals surface area contributed by atoms with Crippen LogP contribution in [-0.2, 0) is 14.3 Å². The SMILES string of the molecule is CCOC(=O)/C=C(/OC)C(F)(F)C(F)(F)F. The Labute approximate surface area is 87.8 Å². The van der Waals surface area contributed by atoms with Crippen LogP contribution in [-0.4, -0.2) is 31.8 Å². The normalized spacial score (nSPS) is 13.6. The van der Waals surface area contributed by atoms with Crippen LogP contribution in [0.25, 0.3) is 0 Å². The van der Waals surface area contributed by atoms with Gasteiger partial charge in [0.1, 0.15) is 0 Å². The molecule has 0 bridgehead atoms. The molecule has 0 saturated carbocycles. The Balaban J connectivity index is 5.07. The number of carbonyl (C=O) groups is 1. The van der Waals surface area contributed by atoms with Gasteiger partial charge in [-0.25, -0.2) is 4.79 Å². The minimum atomic E-state index is -5.83. The van der Waals surface area contributed by atoms with Crippen LogP contribution in [0.3, 0.4) is 0 Å². The number of allylic oxidation sites excluding steroid dienone is 1. The van der Waals surface area contributed by atoms with Gasteiger partial charge in [-0.3, -0.25) is 0 Å². The van der Waals surface area contributed by atoms with Crippen LogP contribution >= 0.6 is 0 Å². The Hall–Kier alpha value is -1.34. The van der Waals surface area contributed by atoms with Crippen molar-refractivity contribution in [3.63, 3.8) is 0 Å². The summed E-state index contributed by atoms with van der Waals surface area (Å²) in [5.74, 6) is -8.36. The maximum absolute atomic E-state index is 12.7. The van der Waals surface area contributed by atoms with E-state index < -0.39 is 23.8 Å². The highest BCUT2D eigenvalue weighted by molar-refractivity contribution is 5.82. The van der Waals surface area contributed by atoms with Crippen LogP contribution in [0, 0.1) is 0 Å². The highest BCUT2D eigenvalue weighted by atomic mass is 19.4. The van der Waals surface area contributed by atoms with Gasteiger partial charge in [0, 0.05) is 0 Å². The molecule has 0 N–H and O–H groups in total. The lowest BCUT2D eigenvalue weighted by atomic mass is 10.2. The van der Waals surface area contributed by atoms with Gasteiger partial charge in [-0.1, -0.05) is 0 Å². The summed E-state index contributed by atoms with van der Waals surface area (Å²) in [5.41, 5.74) is 0. The van der Waals surface area contributed by atoms with Crippen molar-refractivity contribution in [1.29, 1.82) is 0 Å². The molecule has 16 heavy (non-hydrogen) atoms. The molecule has 0 spiro atoms. The molecule has 0 radical (unpaired) electrons. The molecule has 0 aliphatic heterocycles. The van der Waals surface area contributed by atoms with Crippen molar-refractivity contribution in [1.82, 2.24) is 0 Å². The first kappa shape index (κ1) is 14.7. The summed E-state index contributed by atoms with van der Waals surface area (Å²) in [4.78, 5) is 10.7. The second kappa shape index (κ2) is 5.13. The predicted molar refractivity (Wildman–Crippen MR) is 42.7 cm³/mol. The number of esters is 1. The molecule has 0 atom stereocenters. The van der Waals surface area contributed by atoms with Crippen molar-refractivity contribution < 1.29 is 36.2 Å². The van der Waals surface area contributed by atoms with Gasteiger partial charge >= 0.3 is 18.1 Å². The van der Waals surface area contributed by atoms with Crippen molar-refractivity contribution >= 4 is 5.97 Å².